The Morgan fingerprint density at radius 1 is 1.09 bits per heavy atom. The summed E-state index contributed by atoms with van der Waals surface area (Å²) in [4.78, 5) is 4.47. The van der Waals surface area contributed by atoms with E-state index in [2.05, 4.69) is 16.8 Å². The second-order valence-corrected chi connectivity index (χ2v) is 6.55. The maximum absolute atomic E-state index is 14.5. The molecule has 2 aliphatic rings. The van der Waals surface area contributed by atoms with Crippen molar-refractivity contribution >= 4 is 5.69 Å². The molecular formula is C18H20F2N2O. The number of nitrogens with zero attached hydrogens (tertiary/aromatic N) is 2. The van der Waals surface area contributed by atoms with E-state index in [0.717, 1.165) is 19.5 Å². The second kappa shape index (κ2) is 5.64. The van der Waals surface area contributed by atoms with Crippen LogP contribution in [0.2, 0.25) is 0 Å². The van der Waals surface area contributed by atoms with Crippen LogP contribution in [0, 0.1) is 17.7 Å². The SMILES string of the molecule is CN1CCC2CCCN(c3cc(-c4ccc(F)o4)ccc3F)C21. The number of likely N-dealkylation sites (tertiary alicyclic amines) is 1. The van der Waals surface area contributed by atoms with E-state index in [1.807, 2.05) is 0 Å². The molecule has 4 rings (SSSR count). The molecule has 0 amide bonds. The fourth-order valence-corrected chi connectivity index (χ4v) is 4.07. The molecule has 1 aromatic heterocycles. The Bertz CT molecular complexity index is 713. The van der Waals surface area contributed by atoms with Crippen molar-refractivity contribution in [3.05, 3.63) is 42.2 Å². The zero-order valence-corrected chi connectivity index (χ0v) is 13.1. The first-order chi connectivity index (χ1) is 11.1. The highest BCUT2D eigenvalue weighted by Gasteiger charge is 2.39. The van der Waals surface area contributed by atoms with Crippen LogP contribution < -0.4 is 4.90 Å². The van der Waals surface area contributed by atoms with Crippen LogP contribution in [0.4, 0.5) is 14.5 Å². The Morgan fingerprint density at radius 2 is 1.96 bits per heavy atom. The molecule has 3 heterocycles. The minimum Gasteiger partial charge on any atom is -0.431 e. The van der Waals surface area contributed by atoms with E-state index in [-0.39, 0.29) is 12.0 Å². The van der Waals surface area contributed by atoms with Gasteiger partial charge in [-0.25, -0.2) is 4.39 Å². The van der Waals surface area contributed by atoms with E-state index < -0.39 is 6.01 Å². The van der Waals surface area contributed by atoms with Gasteiger partial charge in [0.05, 0.1) is 11.9 Å². The molecule has 0 spiro atoms. The van der Waals surface area contributed by atoms with Crippen LogP contribution in [0.1, 0.15) is 19.3 Å². The summed E-state index contributed by atoms with van der Waals surface area (Å²) in [6.07, 6.45) is 3.70. The summed E-state index contributed by atoms with van der Waals surface area (Å²) < 4.78 is 32.7. The number of piperidine rings is 1. The molecule has 2 unspecified atom stereocenters. The third kappa shape index (κ3) is 2.53. The quantitative estimate of drug-likeness (QED) is 0.831. The molecule has 1 aromatic carbocycles. The Balaban J connectivity index is 1.72. The first-order valence-electron chi connectivity index (χ1n) is 8.15. The first kappa shape index (κ1) is 14.7. The van der Waals surface area contributed by atoms with E-state index in [1.54, 1.807) is 18.2 Å². The molecule has 2 saturated heterocycles. The lowest BCUT2D eigenvalue weighted by molar-refractivity contribution is 0.226. The Hall–Kier alpha value is -1.88. The summed E-state index contributed by atoms with van der Waals surface area (Å²) in [5.74, 6) is 0.789. The van der Waals surface area contributed by atoms with E-state index in [1.165, 1.54) is 25.0 Å². The third-order valence-corrected chi connectivity index (χ3v) is 5.13. The Labute approximate surface area is 134 Å². The summed E-state index contributed by atoms with van der Waals surface area (Å²) in [6.45, 7) is 1.90. The number of hydrogen-bond acceptors (Lipinski definition) is 3. The number of benzene rings is 1. The van der Waals surface area contributed by atoms with Gasteiger partial charge in [0.1, 0.15) is 11.6 Å². The first-order valence-corrected chi connectivity index (χ1v) is 8.15. The van der Waals surface area contributed by atoms with Gasteiger partial charge in [-0.2, -0.15) is 4.39 Å². The number of rotatable bonds is 2. The van der Waals surface area contributed by atoms with Gasteiger partial charge >= 0.3 is 0 Å². The van der Waals surface area contributed by atoms with Crippen LogP contribution in [0.15, 0.2) is 34.7 Å². The smallest absolute Gasteiger partial charge is 0.278 e. The summed E-state index contributed by atoms with van der Waals surface area (Å²) in [7, 11) is 2.10. The monoisotopic (exact) mass is 318 g/mol. The van der Waals surface area contributed by atoms with Gasteiger partial charge in [-0.1, -0.05) is 0 Å². The molecule has 2 aliphatic heterocycles. The Morgan fingerprint density at radius 3 is 2.74 bits per heavy atom. The van der Waals surface area contributed by atoms with Crippen molar-refractivity contribution < 1.29 is 13.2 Å². The van der Waals surface area contributed by atoms with Crippen molar-refractivity contribution in [3.63, 3.8) is 0 Å². The lowest BCUT2D eigenvalue weighted by atomic mass is 9.93. The van der Waals surface area contributed by atoms with E-state index in [9.17, 15) is 8.78 Å². The van der Waals surface area contributed by atoms with Crippen LogP contribution in [-0.2, 0) is 0 Å². The molecule has 0 aliphatic carbocycles. The average molecular weight is 318 g/mol. The molecule has 0 N–H and O–H groups in total. The lowest BCUT2D eigenvalue weighted by Crippen LogP contribution is -2.50. The van der Waals surface area contributed by atoms with Crippen molar-refractivity contribution in [1.29, 1.82) is 0 Å². The van der Waals surface area contributed by atoms with Gasteiger partial charge in [0.25, 0.3) is 6.01 Å². The molecule has 0 bridgehead atoms. The normalized spacial score (nSPS) is 24.9. The van der Waals surface area contributed by atoms with Gasteiger partial charge in [-0.3, -0.25) is 4.90 Å². The summed E-state index contributed by atoms with van der Waals surface area (Å²) in [5.41, 5.74) is 1.29. The zero-order valence-electron chi connectivity index (χ0n) is 13.1. The van der Waals surface area contributed by atoms with Gasteiger partial charge in [-0.15, -0.1) is 0 Å². The minimum absolute atomic E-state index is 0.235. The fraction of sp³-hybridized carbons (Fsp3) is 0.444. The molecule has 2 atom stereocenters. The maximum atomic E-state index is 14.5. The molecule has 2 aromatic rings. The van der Waals surface area contributed by atoms with Gasteiger partial charge in [0.2, 0.25) is 0 Å². The molecule has 0 radical (unpaired) electrons. The van der Waals surface area contributed by atoms with E-state index in [4.69, 9.17) is 4.42 Å². The highest BCUT2D eigenvalue weighted by Crippen LogP contribution is 2.38. The average Bonchev–Trinajstić information content (AvgIpc) is 3.14. The summed E-state index contributed by atoms with van der Waals surface area (Å²) >= 11 is 0. The van der Waals surface area contributed by atoms with Gasteiger partial charge in [0, 0.05) is 24.7 Å². The van der Waals surface area contributed by atoms with Crippen molar-refractivity contribution in [2.24, 2.45) is 5.92 Å². The van der Waals surface area contributed by atoms with Gasteiger partial charge < -0.3 is 9.32 Å². The molecule has 5 heteroatoms. The predicted molar refractivity (Wildman–Crippen MR) is 85.2 cm³/mol. The van der Waals surface area contributed by atoms with E-state index in [0.29, 0.717) is 22.9 Å². The molecule has 2 fully saturated rings. The van der Waals surface area contributed by atoms with Crippen LogP contribution in [0.3, 0.4) is 0 Å². The maximum Gasteiger partial charge on any atom is 0.278 e. The molecular weight excluding hydrogens is 298 g/mol. The van der Waals surface area contributed by atoms with Crippen molar-refractivity contribution in [2.45, 2.75) is 25.4 Å². The topological polar surface area (TPSA) is 19.6 Å². The van der Waals surface area contributed by atoms with Crippen molar-refractivity contribution in [3.8, 4) is 11.3 Å². The van der Waals surface area contributed by atoms with Crippen molar-refractivity contribution in [2.75, 3.05) is 25.0 Å². The Kier molecular flexibility index (Phi) is 3.60. The number of furan rings is 1. The largest absolute Gasteiger partial charge is 0.431 e. The fourth-order valence-electron chi connectivity index (χ4n) is 4.07. The molecule has 122 valence electrons. The van der Waals surface area contributed by atoms with Crippen LogP contribution in [0.25, 0.3) is 11.3 Å². The minimum atomic E-state index is -0.626. The van der Waals surface area contributed by atoms with Gasteiger partial charge in [0.15, 0.2) is 0 Å². The number of halogens is 2. The molecule has 23 heavy (non-hydrogen) atoms. The lowest BCUT2D eigenvalue weighted by Gasteiger charge is -2.42. The number of fused-ring (bicyclic) bond motifs is 1. The highest BCUT2D eigenvalue weighted by atomic mass is 19.1. The van der Waals surface area contributed by atoms with Crippen molar-refractivity contribution in [1.82, 2.24) is 4.90 Å². The second-order valence-electron chi connectivity index (χ2n) is 6.55. The van der Waals surface area contributed by atoms with Gasteiger partial charge in [-0.05, 0) is 56.5 Å². The number of hydrogen-bond donors (Lipinski definition) is 0. The van der Waals surface area contributed by atoms with Crippen LogP contribution >= 0.6 is 0 Å². The zero-order chi connectivity index (χ0) is 16.0. The molecule has 0 saturated carbocycles. The van der Waals surface area contributed by atoms with E-state index >= 15 is 0 Å². The highest BCUT2D eigenvalue weighted by molar-refractivity contribution is 5.65. The number of anilines is 1. The van der Waals surface area contributed by atoms with Crippen LogP contribution in [-0.4, -0.2) is 31.2 Å². The standard InChI is InChI=1S/C18H20F2N2O/c1-21-10-8-12-3-2-9-22(18(12)21)15-11-13(4-5-14(15)19)16-6-7-17(20)23-16/h4-7,11-12,18H,2-3,8-10H2,1H3. The molecule has 3 nitrogen and oxygen atoms in total. The third-order valence-electron chi connectivity index (χ3n) is 5.13. The summed E-state index contributed by atoms with van der Waals surface area (Å²) in [5, 5.41) is 0. The summed E-state index contributed by atoms with van der Waals surface area (Å²) in [6, 6.07) is 7.09. The van der Waals surface area contributed by atoms with Crippen LogP contribution in [0.5, 0.6) is 0 Å². The predicted octanol–water partition coefficient (Wildman–Crippen LogP) is 4.10.